The van der Waals surface area contributed by atoms with Gasteiger partial charge in [-0.2, -0.15) is 4.98 Å². The molecule has 0 spiro atoms. The number of anilines is 3. The average Bonchev–Trinajstić information content (AvgIpc) is 3.22. The smallest absolute Gasteiger partial charge is 0.508 e. The van der Waals surface area contributed by atoms with Crippen molar-refractivity contribution in [3.63, 3.8) is 0 Å². The van der Waals surface area contributed by atoms with Crippen molar-refractivity contribution in [1.82, 2.24) is 9.97 Å². The molecule has 2 aliphatic heterocycles. The van der Waals surface area contributed by atoms with Crippen LogP contribution in [-0.2, 0) is 11.2 Å². The Hall–Kier alpha value is -3.53. The van der Waals surface area contributed by atoms with Gasteiger partial charge in [-0.25, -0.2) is 4.98 Å². The number of hydrogen-bond acceptors (Lipinski definition) is 7. The molecule has 0 aliphatic carbocycles. The topological polar surface area (TPSA) is 71.0 Å². The summed E-state index contributed by atoms with van der Waals surface area (Å²) in [6.45, 7) is 3.06. The summed E-state index contributed by atoms with van der Waals surface area (Å²) in [5.41, 5.74) is 3.14. The van der Waals surface area contributed by atoms with Gasteiger partial charge in [0, 0.05) is 36.4 Å². The minimum absolute atomic E-state index is 0.142. The molecule has 33 heavy (non-hydrogen) atoms. The fraction of sp³-hybridized carbons (Fsp3) is 0.304. The van der Waals surface area contributed by atoms with Crippen molar-refractivity contribution < 1.29 is 27.8 Å². The lowest BCUT2D eigenvalue weighted by molar-refractivity contribution is -0.274. The van der Waals surface area contributed by atoms with Gasteiger partial charge in [0.05, 0.1) is 18.9 Å². The molecule has 0 bridgehead atoms. The first-order valence-electron chi connectivity index (χ1n) is 10.5. The molecule has 0 saturated carbocycles. The molecule has 3 aromatic rings. The van der Waals surface area contributed by atoms with Crippen LogP contribution in [0.15, 0.2) is 48.5 Å². The number of rotatable bonds is 4. The van der Waals surface area contributed by atoms with E-state index in [0.29, 0.717) is 56.7 Å². The fourth-order valence-electron chi connectivity index (χ4n) is 4.12. The first-order valence-corrected chi connectivity index (χ1v) is 10.5. The van der Waals surface area contributed by atoms with E-state index in [9.17, 15) is 18.3 Å². The van der Waals surface area contributed by atoms with Crippen LogP contribution in [0.3, 0.4) is 0 Å². The summed E-state index contributed by atoms with van der Waals surface area (Å²) in [6.07, 6.45) is -4.08. The number of morpholine rings is 1. The van der Waals surface area contributed by atoms with E-state index in [4.69, 9.17) is 14.7 Å². The zero-order chi connectivity index (χ0) is 23.0. The molecule has 0 radical (unpaired) electrons. The number of phenols is 1. The van der Waals surface area contributed by atoms with Crippen LogP contribution >= 0.6 is 0 Å². The summed E-state index contributed by atoms with van der Waals surface area (Å²) in [4.78, 5) is 13.7. The van der Waals surface area contributed by atoms with Gasteiger partial charge in [0.1, 0.15) is 17.3 Å². The van der Waals surface area contributed by atoms with Crippen LogP contribution in [-0.4, -0.2) is 54.3 Å². The molecule has 1 saturated heterocycles. The Morgan fingerprint density at radius 2 is 1.73 bits per heavy atom. The van der Waals surface area contributed by atoms with E-state index in [1.54, 1.807) is 30.3 Å². The zero-order valence-electron chi connectivity index (χ0n) is 17.5. The lowest BCUT2D eigenvalue weighted by atomic mass is 10.1. The number of phenolic OH excluding ortho intramolecular Hbond substituents is 1. The Morgan fingerprint density at radius 3 is 2.42 bits per heavy atom. The second kappa shape index (κ2) is 8.43. The third-order valence-corrected chi connectivity index (χ3v) is 5.61. The van der Waals surface area contributed by atoms with Crippen molar-refractivity contribution in [1.29, 1.82) is 0 Å². The van der Waals surface area contributed by atoms with Gasteiger partial charge in [-0.15, -0.1) is 13.2 Å². The van der Waals surface area contributed by atoms with E-state index in [2.05, 4.69) is 4.74 Å². The summed E-state index contributed by atoms with van der Waals surface area (Å²) in [6, 6.07) is 12.7. The Balaban J connectivity index is 1.55. The Kier molecular flexibility index (Phi) is 5.45. The number of nitrogens with zero attached hydrogens (tertiary/aromatic N) is 4. The number of aromatic nitrogens is 2. The van der Waals surface area contributed by atoms with Gasteiger partial charge in [-0.1, -0.05) is 12.1 Å². The molecule has 3 heterocycles. The highest BCUT2D eigenvalue weighted by Crippen LogP contribution is 2.40. The van der Waals surface area contributed by atoms with Gasteiger partial charge in [0.15, 0.2) is 0 Å². The number of aromatic hydroxyl groups is 1. The molecular weight excluding hydrogens is 437 g/mol. The minimum atomic E-state index is -4.74. The van der Waals surface area contributed by atoms with Crippen LogP contribution in [0.5, 0.6) is 11.5 Å². The number of benzene rings is 2. The van der Waals surface area contributed by atoms with Gasteiger partial charge < -0.3 is 24.4 Å². The van der Waals surface area contributed by atoms with Crippen LogP contribution in [0.1, 0.15) is 5.56 Å². The quantitative estimate of drug-likeness (QED) is 0.626. The molecule has 2 aliphatic rings. The van der Waals surface area contributed by atoms with Crippen molar-refractivity contribution in [3.05, 3.63) is 54.1 Å². The fourth-order valence-corrected chi connectivity index (χ4v) is 4.12. The zero-order valence-corrected chi connectivity index (χ0v) is 17.5. The molecule has 0 unspecified atom stereocenters. The highest BCUT2D eigenvalue weighted by Gasteiger charge is 2.32. The summed E-state index contributed by atoms with van der Waals surface area (Å²) < 4.78 is 47.0. The second-order valence-corrected chi connectivity index (χ2v) is 7.77. The molecular formula is C23H21F3N4O3. The summed E-state index contributed by atoms with van der Waals surface area (Å²) in [5.74, 6) is 1.12. The van der Waals surface area contributed by atoms with E-state index < -0.39 is 6.36 Å². The molecule has 0 amide bonds. The molecule has 1 aromatic heterocycles. The van der Waals surface area contributed by atoms with Crippen LogP contribution in [0, 0.1) is 0 Å². The molecule has 172 valence electrons. The standard InChI is InChI=1S/C23H21F3N4O3/c24-23(25,26)33-18-6-4-16(5-7-18)30-9-8-19-20(15-2-1-3-17(31)14-15)27-22(28-21(19)30)29-10-12-32-13-11-29/h1-7,14,31H,8-13H2. The van der Waals surface area contributed by atoms with E-state index in [-0.39, 0.29) is 11.5 Å². The van der Waals surface area contributed by atoms with Crippen molar-refractivity contribution in [3.8, 4) is 22.8 Å². The van der Waals surface area contributed by atoms with Crippen molar-refractivity contribution in [2.45, 2.75) is 12.8 Å². The Labute approximate surface area is 188 Å². The average molecular weight is 458 g/mol. The van der Waals surface area contributed by atoms with Gasteiger partial charge in [0.25, 0.3) is 0 Å². The first kappa shape index (κ1) is 21.3. The molecule has 1 N–H and O–H groups in total. The van der Waals surface area contributed by atoms with Crippen molar-refractivity contribution in [2.75, 3.05) is 42.6 Å². The number of fused-ring (bicyclic) bond motifs is 1. The van der Waals surface area contributed by atoms with E-state index in [1.165, 1.54) is 12.1 Å². The molecule has 2 aromatic carbocycles. The van der Waals surface area contributed by atoms with Gasteiger partial charge in [0.2, 0.25) is 5.95 Å². The van der Waals surface area contributed by atoms with E-state index in [1.807, 2.05) is 15.9 Å². The SMILES string of the molecule is Oc1cccc(-c2nc(N3CCOCC3)nc3c2CCN3c2ccc(OC(F)(F)F)cc2)c1. The third-order valence-electron chi connectivity index (χ3n) is 5.61. The van der Waals surface area contributed by atoms with Crippen LogP contribution in [0.4, 0.5) is 30.6 Å². The maximum absolute atomic E-state index is 12.5. The number of ether oxygens (including phenoxy) is 2. The maximum atomic E-state index is 12.5. The minimum Gasteiger partial charge on any atom is -0.508 e. The molecule has 5 rings (SSSR count). The largest absolute Gasteiger partial charge is 0.573 e. The number of halogens is 3. The van der Waals surface area contributed by atoms with Crippen LogP contribution < -0.4 is 14.5 Å². The predicted octanol–water partition coefficient (Wildman–Crippen LogP) is 4.28. The van der Waals surface area contributed by atoms with E-state index in [0.717, 1.165) is 16.8 Å². The third kappa shape index (κ3) is 4.51. The van der Waals surface area contributed by atoms with Crippen LogP contribution in [0.25, 0.3) is 11.3 Å². The van der Waals surface area contributed by atoms with Gasteiger partial charge in [-0.3, -0.25) is 0 Å². The molecule has 7 nitrogen and oxygen atoms in total. The lowest BCUT2D eigenvalue weighted by Gasteiger charge is -2.28. The van der Waals surface area contributed by atoms with Crippen LogP contribution in [0.2, 0.25) is 0 Å². The summed E-state index contributed by atoms with van der Waals surface area (Å²) in [7, 11) is 0. The molecule has 1 fully saturated rings. The Bertz CT molecular complexity index is 1150. The Morgan fingerprint density at radius 1 is 0.970 bits per heavy atom. The highest BCUT2D eigenvalue weighted by atomic mass is 19.4. The maximum Gasteiger partial charge on any atom is 0.573 e. The highest BCUT2D eigenvalue weighted by molar-refractivity contribution is 5.77. The second-order valence-electron chi connectivity index (χ2n) is 7.77. The first-order chi connectivity index (χ1) is 15.9. The summed E-state index contributed by atoms with van der Waals surface area (Å²) >= 11 is 0. The molecule has 0 atom stereocenters. The van der Waals surface area contributed by atoms with Gasteiger partial charge >= 0.3 is 6.36 Å². The van der Waals surface area contributed by atoms with Crippen molar-refractivity contribution in [2.24, 2.45) is 0 Å². The number of hydrogen-bond donors (Lipinski definition) is 1. The predicted molar refractivity (Wildman–Crippen MR) is 116 cm³/mol. The molecule has 10 heteroatoms. The lowest BCUT2D eigenvalue weighted by Crippen LogP contribution is -2.37. The van der Waals surface area contributed by atoms with Gasteiger partial charge in [-0.05, 0) is 42.8 Å². The normalized spacial score (nSPS) is 16.1. The number of alkyl halides is 3. The summed E-state index contributed by atoms with van der Waals surface area (Å²) in [5, 5.41) is 10.0. The van der Waals surface area contributed by atoms with E-state index >= 15 is 0 Å². The monoisotopic (exact) mass is 458 g/mol. The van der Waals surface area contributed by atoms with Crippen molar-refractivity contribution >= 4 is 17.5 Å².